The van der Waals surface area contributed by atoms with E-state index >= 15 is 0 Å². The molecular weight excluding hydrogens is 384 g/mol. The molecule has 3 rings (SSSR count). The number of nitro groups is 1. The molecule has 0 aromatic heterocycles. The van der Waals surface area contributed by atoms with E-state index in [1.807, 2.05) is 17.6 Å². The number of hydrogen-bond acceptors (Lipinski definition) is 6. The molecule has 1 amide bonds. The average molecular weight is 400 g/mol. The number of rotatable bonds is 6. The van der Waals surface area contributed by atoms with Gasteiger partial charge >= 0.3 is 0 Å². The van der Waals surface area contributed by atoms with Gasteiger partial charge in [0.2, 0.25) is 0 Å². The van der Waals surface area contributed by atoms with E-state index in [1.54, 1.807) is 30.3 Å². The first-order chi connectivity index (χ1) is 13.3. The highest BCUT2D eigenvalue weighted by Gasteiger charge is 2.28. The molecule has 0 unspecified atom stereocenters. The minimum absolute atomic E-state index is 0.230. The lowest BCUT2D eigenvalue weighted by atomic mass is 10.1. The van der Waals surface area contributed by atoms with Crippen LogP contribution in [0, 0.1) is 10.1 Å². The number of carbonyl (C=O) groups is 1. The molecule has 0 atom stereocenters. The standard InChI is InChI=1S/C18H16N4O5S/c19-20-18(23)12-21(15-9-8-13-4-1-2-5-14(13)10-15)28(26,27)17-7-3-6-16(11-17)22(24)25/h1-11H,12,19H2,(H,20,23). The summed E-state index contributed by atoms with van der Waals surface area (Å²) in [5.74, 6) is 4.39. The van der Waals surface area contributed by atoms with Gasteiger partial charge in [-0.15, -0.1) is 0 Å². The van der Waals surface area contributed by atoms with Crippen LogP contribution in [0.4, 0.5) is 11.4 Å². The fourth-order valence-electron chi connectivity index (χ4n) is 2.71. The number of amides is 1. The highest BCUT2D eigenvalue weighted by atomic mass is 32.2. The number of benzene rings is 3. The number of hydrogen-bond donors (Lipinski definition) is 2. The molecule has 0 spiro atoms. The lowest BCUT2D eigenvalue weighted by Gasteiger charge is -2.24. The minimum Gasteiger partial charge on any atom is -0.293 e. The quantitative estimate of drug-likeness (QED) is 0.281. The van der Waals surface area contributed by atoms with Gasteiger partial charge in [0.25, 0.3) is 21.6 Å². The second-order valence-electron chi connectivity index (χ2n) is 5.87. The van der Waals surface area contributed by atoms with Crippen LogP contribution in [0.1, 0.15) is 0 Å². The average Bonchev–Trinajstić information content (AvgIpc) is 2.71. The second-order valence-corrected chi connectivity index (χ2v) is 7.73. The van der Waals surface area contributed by atoms with E-state index < -0.39 is 27.4 Å². The highest BCUT2D eigenvalue weighted by molar-refractivity contribution is 7.92. The van der Waals surface area contributed by atoms with Gasteiger partial charge in [-0.1, -0.05) is 36.4 Å². The zero-order valence-electron chi connectivity index (χ0n) is 14.5. The van der Waals surface area contributed by atoms with Crippen molar-refractivity contribution in [3.8, 4) is 0 Å². The zero-order valence-corrected chi connectivity index (χ0v) is 15.3. The summed E-state index contributed by atoms with van der Waals surface area (Å²) in [5, 5.41) is 12.7. The van der Waals surface area contributed by atoms with Crippen LogP contribution in [0.3, 0.4) is 0 Å². The van der Waals surface area contributed by atoms with Crippen LogP contribution in [-0.2, 0) is 14.8 Å². The Labute approximate surface area is 160 Å². The van der Waals surface area contributed by atoms with Crippen molar-refractivity contribution in [3.63, 3.8) is 0 Å². The maximum atomic E-state index is 13.2. The van der Waals surface area contributed by atoms with Gasteiger partial charge in [-0.05, 0) is 29.0 Å². The fourth-order valence-corrected chi connectivity index (χ4v) is 4.16. The summed E-state index contributed by atoms with van der Waals surface area (Å²) in [4.78, 5) is 21.9. The Balaban J connectivity index is 2.14. The zero-order chi connectivity index (χ0) is 20.3. The normalized spacial score (nSPS) is 11.2. The first-order valence-corrected chi connectivity index (χ1v) is 9.52. The summed E-state index contributed by atoms with van der Waals surface area (Å²) in [5.41, 5.74) is 1.76. The Morgan fingerprint density at radius 1 is 1.04 bits per heavy atom. The molecule has 28 heavy (non-hydrogen) atoms. The minimum atomic E-state index is -4.27. The molecule has 3 aromatic carbocycles. The van der Waals surface area contributed by atoms with Gasteiger partial charge in [-0.25, -0.2) is 14.3 Å². The second kappa shape index (κ2) is 7.62. The molecule has 0 radical (unpaired) electrons. The van der Waals surface area contributed by atoms with Crippen molar-refractivity contribution in [1.29, 1.82) is 0 Å². The van der Waals surface area contributed by atoms with Gasteiger partial charge in [-0.3, -0.25) is 24.6 Å². The van der Waals surface area contributed by atoms with E-state index in [9.17, 15) is 23.3 Å². The number of hydrazine groups is 1. The summed E-state index contributed by atoms with van der Waals surface area (Å²) in [7, 11) is -4.27. The van der Waals surface area contributed by atoms with Crippen LogP contribution in [0.15, 0.2) is 71.6 Å². The molecule has 0 aliphatic rings. The van der Waals surface area contributed by atoms with E-state index in [-0.39, 0.29) is 16.3 Å². The molecule has 0 aliphatic carbocycles. The number of sulfonamides is 1. The lowest BCUT2D eigenvalue weighted by molar-refractivity contribution is -0.385. The third-order valence-corrected chi connectivity index (χ3v) is 5.86. The van der Waals surface area contributed by atoms with Crippen molar-refractivity contribution < 1.29 is 18.1 Å². The largest absolute Gasteiger partial charge is 0.293 e. The SMILES string of the molecule is NNC(=O)CN(c1ccc2ccccc2c1)S(=O)(=O)c1cccc([N+](=O)[O-])c1. The Bertz CT molecular complexity index is 1160. The van der Waals surface area contributed by atoms with Crippen molar-refractivity contribution in [2.75, 3.05) is 10.8 Å². The van der Waals surface area contributed by atoms with Crippen molar-refractivity contribution in [1.82, 2.24) is 5.43 Å². The van der Waals surface area contributed by atoms with Crippen LogP contribution in [-0.4, -0.2) is 25.8 Å². The van der Waals surface area contributed by atoms with Crippen LogP contribution >= 0.6 is 0 Å². The predicted molar refractivity (Wildman–Crippen MR) is 104 cm³/mol. The number of fused-ring (bicyclic) bond motifs is 1. The Morgan fingerprint density at radius 2 is 1.75 bits per heavy atom. The van der Waals surface area contributed by atoms with Crippen molar-refractivity contribution >= 4 is 38.1 Å². The van der Waals surface area contributed by atoms with Crippen LogP contribution in [0.25, 0.3) is 10.8 Å². The van der Waals surface area contributed by atoms with Crippen LogP contribution < -0.4 is 15.6 Å². The van der Waals surface area contributed by atoms with Crippen molar-refractivity contribution in [2.24, 2.45) is 5.84 Å². The van der Waals surface area contributed by atoms with E-state index in [0.29, 0.717) is 0 Å². The smallest absolute Gasteiger partial charge is 0.270 e. The van der Waals surface area contributed by atoms with E-state index in [1.165, 1.54) is 18.2 Å². The van der Waals surface area contributed by atoms with Gasteiger partial charge in [0.1, 0.15) is 6.54 Å². The van der Waals surface area contributed by atoms with Gasteiger partial charge in [0, 0.05) is 12.1 Å². The number of carbonyl (C=O) groups excluding carboxylic acids is 1. The molecule has 144 valence electrons. The molecule has 9 nitrogen and oxygen atoms in total. The first-order valence-electron chi connectivity index (χ1n) is 8.08. The summed E-state index contributed by atoms with van der Waals surface area (Å²) in [6.45, 7) is -0.583. The topological polar surface area (TPSA) is 136 Å². The summed E-state index contributed by atoms with van der Waals surface area (Å²) < 4.78 is 27.2. The molecule has 0 saturated carbocycles. The predicted octanol–water partition coefficient (Wildman–Crippen LogP) is 1.93. The molecule has 3 aromatic rings. The molecule has 0 heterocycles. The number of anilines is 1. The number of nitrogens with one attached hydrogen (secondary N) is 1. The molecule has 0 bridgehead atoms. The van der Waals surface area contributed by atoms with Crippen LogP contribution in [0.5, 0.6) is 0 Å². The Kier molecular flexibility index (Phi) is 5.25. The van der Waals surface area contributed by atoms with Gasteiger partial charge < -0.3 is 0 Å². The van der Waals surface area contributed by atoms with E-state index in [0.717, 1.165) is 21.1 Å². The van der Waals surface area contributed by atoms with Gasteiger partial charge in [-0.2, -0.15) is 0 Å². The maximum absolute atomic E-state index is 13.2. The van der Waals surface area contributed by atoms with E-state index in [2.05, 4.69) is 0 Å². The number of nitrogens with zero attached hydrogens (tertiary/aromatic N) is 2. The number of non-ortho nitro benzene ring substituents is 1. The Morgan fingerprint density at radius 3 is 2.43 bits per heavy atom. The monoisotopic (exact) mass is 400 g/mol. The van der Waals surface area contributed by atoms with Crippen LogP contribution in [0.2, 0.25) is 0 Å². The fraction of sp³-hybridized carbons (Fsp3) is 0.0556. The maximum Gasteiger partial charge on any atom is 0.270 e. The lowest BCUT2D eigenvalue weighted by Crippen LogP contribution is -2.43. The summed E-state index contributed by atoms with van der Waals surface area (Å²) >= 11 is 0. The third-order valence-electron chi connectivity index (χ3n) is 4.09. The number of nitro benzene ring substituents is 1. The Hall–Kier alpha value is -3.50. The molecule has 3 N–H and O–H groups in total. The third kappa shape index (κ3) is 3.77. The first kappa shape index (κ1) is 19.3. The summed E-state index contributed by atoms with van der Waals surface area (Å²) in [6, 6.07) is 16.9. The van der Waals surface area contributed by atoms with Crippen molar-refractivity contribution in [2.45, 2.75) is 4.90 Å². The molecular formula is C18H16N4O5S. The van der Waals surface area contributed by atoms with Gasteiger partial charge in [0.05, 0.1) is 15.5 Å². The molecule has 10 heteroatoms. The van der Waals surface area contributed by atoms with Gasteiger partial charge in [0.15, 0.2) is 0 Å². The molecule has 0 fully saturated rings. The summed E-state index contributed by atoms with van der Waals surface area (Å²) in [6.07, 6.45) is 0. The van der Waals surface area contributed by atoms with Crippen molar-refractivity contribution in [3.05, 3.63) is 76.8 Å². The highest BCUT2D eigenvalue weighted by Crippen LogP contribution is 2.28. The number of nitrogens with two attached hydrogens (primary N) is 1. The molecule has 0 saturated heterocycles. The van der Waals surface area contributed by atoms with E-state index in [4.69, 9.17) is 5.84 Å². The molecule has 0 aliphatic heterocycles.